The molecule has 0 heterocycles. The molecule has 1 aromatic rings. The number of carbonyl (C=O) groups is 3. The van der Waals surface area contributed by atoms with Gasteiger partial charge in [-0.05, 0) is 100 Å². The van der Waals surface area contributed by atoms with E-state index in [-0.39, 0.29) is 12.6 Å². The summed E-state index contributed by atoms with van der Waals surface area (Å²) in [5.41, 5.74) is 1.79. The molecule has 0 bridgehead atoms. The minimum Gasteiger partial charge on any atom is -0.493 e. The molecule has 1 aromatic carbocycles. The molecule has 0 unspecified atom stereocenters. The number of aryl methyl sites for hydroxylation is 1. The average molecular weight is 586 g/mol. The average Bonchev–Trinajstić information content (AvgIpc) is 2.99. The summed E-state index contributed by atoms with van der Waals surface area (Å²) in [5.74, 6) is 3.61. The molecule has 0 aliphatic heterocycles. The maximum absolute atomic E-state index is 12.4. The molecule has 7 heteroatoms. The van der Waals surface area contributed by atoms with Crippen LogP contribution in [0, 0.1) is 30.6 Å². The topological polar surface area (TPSA) is 102 Å². The number of hydrogen-bond donors (Lipinski definition) is 2. The van der Waals surface area contributed by atoms with E-state index in [1.165, 1.54) is 70.3 Å². The van der Waals surface area contributed by atoms with Crippen LogP contribution in [0.2, 0.25) is 0 Å². The van der Waals surface area contributed by atoms with E-state index >= 15 is 0 Å². The fraction of sp³-hybridized carbons (Fsp3) is 0.571. The number of carbonyl (C=O) groups excluding carboxylic acids is 2. The van der Waals surface area contributed by atoms with Gasteiger partial charge in [-0.25, -0.2) is 4.79 Å². The standard InChI is InChI=1S/C28H43NO3.C3H4O.C3H6.CH2O2/c1-4-6-22-9-13-24(14-10-22)19-31-26-17-8-21(3)27(18-26)29-28(30)32-20-25-15-11-23(7-5-2)12-16-25;1-2-3-4;1-3-2;2-1-3/h4,8,17-18,22-25H,1,5-7,9-16,19-20H2,2-3H3,(H,29,30);2-3H,1H2;3H,1H2,2H3;1H,(H,2,3). The summed E-state index contributed by atoms with van der Waals surface area (Å²) >= 11 is 0. The summed E-state index contributed by atoms with van der Waals surface area (Å²) in [6, 6.07) is 5.92. The number of amides is 1. The molecular weight excluding hydrogens is 530 g/mol. The van der Waals surface area contributed by atoms with Crippen LogP contribution in [-0.2, 0) is 14.3 Å². The van der Waals surface area contributed by atoms with Crippen molar-refractivity contribution < 1.29 is 29.0 Å². The molecular formula is C35H55NO6. The highest BCUT2D eigenvalue weighted by Crippen LogP contribution is 2.33. The first-order valence-electron chi connectivity index (χ1n) is 15.3. The molecule has 0 atom stereocenters. The zero-order chi connectivity index (χ0) is 31.6. The zero-order valence-electron chi connectivity index (χ0n) is 26.2. The Kier molecular flexibility index (Phi) is 23.3. The Labute approximate surface area is 254 Å². The van der Waals surface area contributed by atoms with Crippen molar-refractivity contribution in [3.63, 3.8) is 0 Å². The van der Waals surface area contributed by atoms with Gasteiger partial charge in [0, 0.05) is 6.07 Å². The molecule has 236 valence electrons. The minimum absolute atomic E-state index is 0.250. The molecule has 3 rings (SSSR count). The molecule has 1 amide bonds. The second-order valence-corrected chi connectivity index (χ2v) is 11.0. The van der Waals surface area contributed by atoms with Gasteiger partial charge in [0.25, 0.3) is 6.47 Å². The SMILES string of the molecule is C=CC.C=CC=O.C=CCC1CCC(COc2ccc(C)c(NC(=O)OCC3CCC(CCC)CC3)c2)CC1.O=CO. The van der Waals surface area contributed by atoms with Gasteiger partial charge in [0.1, 0.15) is 12.0 Å². The van der Waals surface area contributed by atoms with Crippen LogP contribution in [0.1, 0.15) is 90.0 Å². The molecule has 0 spiro atoms. The molecule has 2 aliphatic carbocycles. The molecule has 42 heavy (non-hydrogen) atoms. The van der Waals surface area contributed by atoms with Crippen LogP contribution >= 0.6 is 0 Å². The van der Waals surface area contributed by atoms with Gasteiger partial charge in [-0.3, -0.25) is 14.9 Å². The molecule has 0 radical (unpaired) electrons. The fourth-order valence-corrected chi connectivity index (χ4v) is 5.34. The van der Waals surface area contributed by atoms with E-state index in [2.05, 4.69) is 32.0 Å². The Bertz CT molecular complexity index is 887. The molecule has 2 saturated carbocycles. The monoisotopic (exact) mass is 585 g/mol. The second-order valence-electron chi connectivity index (χ2n) is 11.0. The van der Waals surface area contributed by atoms with E-state index in [1.54, 1.807) is 6.08 Å². The van der Waals surface area contributed by atoms with E-state index in [9.17, 15) is 4.79 Å². The summed E-state index contributed by atoms with van der Waals surface area (Å²) in [5, 5.41) is 9.82. The van der Waals surface area contributed by atoms with Crippen LogP contribution in [0.5, 0.6) is 5.75 Å². The lowest BCUT2D eigenvalue weighted by atomic mass is 9.80. The first kappa shape index (κ1) is 38.6. The van der Waals surface area contributed by atoms with Crippen molar-refractivity contribution in [3.8, 4) is 5.75 Å². The van der Waals surface area contributed by atoms with E-state index < -0.39 is 0 Å². The van der Waals surface area contributed by atoms with Crippen molar-refractivity contribution in [2.75, 3.05) is 18.5 Å². The number of allylic oxidation sites excluding steroid dienone is 3. The van der Waals surface area contributed by atoms with Crippen molar-refractivity contribution in [1.82, 2.24) is 0 Å². The summed E-state index contributed by atoms with van der Waals surface area (Å²) in [6.07, 6.45) is 18.9. The highest BCUT2D eigenvalue weighted by molar-refractivity contribution is 5.86. The first-order valence-corrected chi connectivity index (χ1v) is 15.3. The third kappa shape index (κ3) is 18.2. The van der Waals surface area contributed by atoms with E-state index in [0.717, 1.165) is 41.9 Å². The van der Waals surface area contributed by atoms with Crippen molar-refractivity contribution in [3.05, 3.63) is 61.7 Å². The van der Waals surface area contributed by atoms with Crippen LogP contribution < -0.4 is 10.1 Å². The fourth-order valence-electron chi connectivity index (χ4n) is 5.34. The summed E-state index contributed by atoms with van der Waals surface area (Å²) < 4.78 is 11.7. The highest BCUT2D eigenvalue weighted by atomic mass is 16.5. The van der Waals surface area contributed by atoms with Crippen LogP contribution in [0.3, 0.4) is 0 Å². The third-order valence-corrected chi connectivity index (χ3v) is 7.61. The highest BCUT2D eigenvalue weighted by Gasteiger charge is 2.22. The lowest BCUT2D eigenvalue weighted by Gasteiger charge is -2.28. The van der Waals surface area contributed by atoms with Crippen LogP contribution in [-0.4, -0.2) is 37.2 Å². The molecule has 7 nitrogen and oxygen atoms in total. The van der Waals surface area contributed by atoms with Crippen LogP contribution in [0.25, 0.3) is 0 Å². The number of hydrogen-bond acceptors (Lipinski definition) is 5. The predicted octanol–water partition coefficient (Wildman–Crippen LogP) is 9.18. The maximum atomic E-state index is 12.4. The Balaban J connectivity index is 0.00000147. The molecule has 0 saturated heterocycles. The van der Waals surface area contributed by atoms with Crippen molar-refractivity contribution >= 4 is 24.5 Å². The van der Waals surface area contributed by atoms with Crippen LogP contribution in [0.15, 0.2) is 56.2 Å². The predicted molar refractivity (Wildman–Crippen MR) is 173 cm³/mol. The van der Waals surface area contributed by atoms with Crippen molar-refractivity contribution in [2.45, 2.75) is 91.4 Å². The van der Waals surface area contributed by atoms with E-state index in [0.29, 0.717) is 24.7 Å². The smallest absolute Gasteiger partial charge is 0.411 e. The quantitative estimate of drug-likeness (QED) is 0.152. The Morgan fingerprint density at radius 1 is 0.952 bits per heavy atom. The number of aldehydes is 1. The summed E-state index contributed by atoms with van der Waals surface area (Å²) in [4.78, 5) is 29.8. The second kappa shape index (κ2) is 25.4. The lowest BCUT2D eigenvalue weighted by Crippen LogP contribution is -2.23. The van der Waals surface area contributed by atoms with Crippen LogP contribution in [0.4, 0.5) is 10.5 Å². The number of rotatable bonds is 11. The molecule has 0 aromatic heterocycles. The molecule has 2 aliphatic rings. The van der Waals surface area contributed by atoms with E-state index in [1.807, 2.05) is 38.1 Å². The Hall–Kier alpha value is -3.35. The normalized spacial score (nSPS) is 20.6. The van der Waals surface area contributed by atoms with Crippen molar-refractivity contribution in [1.29, 1.82) is 0 Å². The van der Waals surface area contributed by atoms with Gasteiger partial charge in [-0.1, -0.05) is 57.4 Å². The van der Waals surface area contributed by atoms with Gasteiger partial charge in [-0.2, -0.15) is 0 Å². The summed E-state index contributed by atoms with van der Waals surface area (Å²) in [6.45, 7) is 17.5. The maximum Gasteiger partial charge on any atom is 0.411 e. The zero-order valence-corrected chi connectivity index (χ0v) is 26.2. The number of nitrogens with one attached hydrogen (secondary N) is 1. The molecule has 2 N–H and O–H groups in total. The molecule has 2 fully saturated rings. The Morgan fingerprint density at radius 3 is 1.95 bits per heavy atom. The van der Waals surface area contributed by atoms with Gasteiger partial charge in [0.15, 0.2) is 0 Å². The Morgan fingerprint density at radius 2 is 1.45 bits per heavy atom. The van der Waals surface area contributed by atoms with Crippen molar-refractivity contribution in [2.24, 2.45) is 23.7 Å². The third-order valence-electron chi connectivity index (χ3n) is 7.61. The first-order chi connectivity index (χ1) is 20.3. The number of carboxylic acid groups (broad SMARTS) is 1. The number of anilines is 1. The van der Waals surface area contributed by atoms with E-state index in [4.69, 9.17) is 24.2 Å². The van der Waals surface area contributed by atoms with Gasteiger partial charge in [0.2, 0.25) is 0 Å². The van der Waals surface area contributed by atoms with Gasteiger partial charge in [0.05, 0.1) is 18.9 Å². The van der Waals surface area contributed by atoms with Gasteiger partial charge in [-0.15, -0.1) is 13.2 Å². The largest absolute Gasteiger partial charge is 0.493 e. The van der Waals surface area contributed by atoms with Gasteiger partial charge < -0.3 is 14.6 Å². The minimum atomic E-state index is -0.360. The van der Waals surface area contributed by atoms with Gasteiger partial charge >= 0.3 is 6.09 Å². The summed E-state index contributed by atoms with van der Waals surface area (Å²) in [7, 11) is 0. The number of ether oxygens (including phenoxy) is 2. The number of benzene rings is 1. The lowest BCUT2D eigenvalue weighted by molar-refractivity contribution is -0.122.